The molecule has 0 rings (SSSR count). The minimum absolute atomic E-state index is 0.205. The third kappa shape index (κ3) is 4.89. The molecule has 0 aliphatic carbocycles. The summed E-state index contributed by atoms with van der Waals surface area (Å²) in [5.74, 6) is -0.310. The molecule has 0 heterocycles. The summed E-state index contributed by atoms with van der Waals surface area (Å²) in [6.07, 6.45) is -1.38. The van der Waals surface area contributed by atoms with E-state index in [0.717, 1.165) is 0 Å². The molecule has 0 aromatic rings. The molecule has 3 N–H and O–H groups in total. The number of carbonyl (C=O) groups excluding carboxylic acids is 1. The van der Waals surface area contributed by atoms with Gasteiger partial charge in [-0.05, 0) is 19.8 Å². The van der Waals surface area contributed by atoms with Gasteiger partial charge in [0.2, 0.25) is 0 Å². The van der Waals surface area contributed by atoms with Gasteiger partial charge in [0.15, 0.2) is 5.78 Å². The fourth-order valence-corrected chi connectivity index (χ4v) is 0.645. The van der Waals surface area contributed by atoms with Crippen LogP contribution in [0.1, 0.15) is 19.8 Å². The van der Waals surface area contributed by atoms with E-state index in [1.807, 2.05) is 0 Å². The van der Waals surface area contributed by atoms with E-state index < -0.39 is 12.2 Å². The quantitative estimate of drug-likeness (QED) is 0.488. The van der Waals surface area contributed by atoms with Gasteiger partial charge >= 0.3 is 0 Å². The minimum atomic E-state index is -1.00. The second-order valence-corrected chi connectivity index (χ2v) is 2.54. The van der Waals surface area contributed by atoms with Crippen LogP contribution in [0.15, 0.2) is 0 Å². The standard InChI is InChI=1S/C7H14O4/c1-5(9)7(11)3-2-6(10)4-8/h6-8,10-11H,2-4H2,1H3. The zero-order chi connectivity index (χ0) is 8.85. The maximum Gasteiger partial charge on any atom is 0.158 e. The predicted molar refractivity (Wildman–Crippen MR) is 39.0 cm³/mol. The molecule has 0 fully saturated rings. The number of ketones is 1. The average Bonchev–Trinajstić information content (AvgIpc) is 1.99. The van der Waals surface area contributed by atoms with Gasteiger partial charge in [-0.2, -0.15) is 0 Å². The summed E-state index contributed by atoms with van der Waals surface area (Å²) in [5.41, 5.74) is 0. The largest absolute Gasteiger partial charge is 0.394 e. The molecule has 0 aromatic heterocycles. The number of hydrogen-bond donors (Lipinski definition) is 3. The molecule has 66 valence electrons. The minimum Gasteiger partial charge on any atom is -0.394 e. The third-order valence-corrected chi connectivity index (χ3v) is 1.45. The molecule has 0 spiro atoms. The third-order valence-electron chi connectivity index (χ3n) is 1.45. The van der Waals surface area contributed by atoms with Crippen molar-refractivity contribution in [3.63, 3.8) is 0 Å². The highest BCUT2D eigenvalue weighted by Crippen LogP contribution is 2.01. The summed E-state index contributed by atoms with van der Waals surface area (Å²) >= 11 is 0. The van der Waals surface area contributed by atoms with E-state index in [-0.39, 0.29) is 25.2 Å². The van der Waals surface area contributed by atoms with Crippen LogP contribution in [0.4, 0.5) is 0 Å². The number of aliphatic hydroxyl groups excluding tert-OH is 3. The lowest BCUT2D eigenvalue weighted by molar-refractivity contribution is -0.125. The lowest BCUT2D eigenvalue weighted by atomic mass is 10.1. The number of carbonyl (C=O) groups is 1. The zero-order valence-electron chi connectivity index (χ0n) is 6.53. The molecule has 4 heteroatoms. The van der Waals surface area contributed by atoms with E-state index in [9.17, 15) is 4.79 Å². The van der Waals surface area contributed by atoms with Crippen molar-refractivity contribution in [1.82, 2.24) is 0 Å². The van der Waals surface area contributed by atoms with Gasteiger partial charge in [-0.15, -0.1) is 0 Å². The number of hydrogen-bond acceptors (Lipinski definition) is 4. The highest BCUT2D eigenvalue weighted by atomic mass is 16.3. The second-order valence-electron chi connectivity index (χ2n) is 2.54. The van der Waals surface area contributed by atoms with Gasteiger partial charge in [0, 0.05) is 0 Å². The second kappa shape index (κ2) is 5.23. The maximum absolute atomic E-state index is 10.5. The van der Waals surface area contributed by atoms with Crippen LogP contribution in [0.2, 0.25) is 0 Å². The molecule has 0 amide bonds. The Balaban J connectivity index is 3.45. The van der Waals surface area contributed by atoms with Gasteiger partial charge in [0.05, 0.1) is 12.7 Å². The molecular formula is C7H14O4. The Kier molecular flexibility index (Phi) is 5.02. The van der Waals surface area contributed by atoms with Gasteiger partial charge < -0.3 is 15.3 Å². The Morgan fingerprint density at radius 1 is 1.36 bits per heavy atom. The summed E-state index contributed by atoms with van der Waals surface area (Å²) in [4.78, 5) is 10.5. The van der Waals surface area contributed by atoms with Crippen molar-refractivity contribution < 1.29 is 20.1 Å². The molecule has 4 nitrogen and oxygen atoms in total. The SMILES string of the molecule is CC(=O)C(O)CCC(O)CO. The van der Waals surface area contributed by atoms with Crippen molar-refractivity contribution >= 4 is 5.78 Å². The van der Waals surface area contributed by atoms with E-state index in [4.69, 9.17) is 15.3 Å². The Hall–Kier alpha value is -0.450. The van der Waals surface area contributed by atoms with E-state index in [1.165, 1.54) is 6.92 Å². The van der Waals surface area contributed by atoms with Crippen LogP contribution in [0.25, 0.3) is 0 Å². The number of Topliss-reactive ketones (excluding diaryl/α,β-unsaturated/α-hetero) is 1. The smallest absolute Gasteiger partial charge is 0.158 e. The first-order valence-corrected chi connectivity index (χ1v) is 3.55. The predicted octanol–water partition coefficient (Wildman–Crippen LogP) is -0.930. The zero-order valence-corrected chi connectivity index (χ0v) is 6.53. The summed E-state index contributed by atoms with van der Waals surface area (Å²) in [6, 6.07) is 0. The van der Waals surface area contributed by atoms with Gasteiger partial charge in [0.25, 0.3) is 0 Å². The monoisotopic (exact) mass is 162 g/mol. The van der Waals surface area contributed by atoms with E-state index in [0.29, 0.717) is 0 Å². The van der Waals surface area contributed by atoms with Crippen molar-refractivity contribution in [2.75, 3.05) is 6.61 Å². The molecule has 0 aliphatic heterocycles. The maximum atomic E-state index is 10.5. The Bertz CT molecular complexity index is 124. The molecule has 0 aromatic carbocycles. The van der Waals surface area contributed by atoms with Crippen LogP contribution >= 0.6 is 0 Å². The van der Waals surface area contributed by atoms with Gasteiger partial charge in [-0.3, -0.25) is 4.79 Å². The van der Waals surface area contributed by atoms with Gasteiger partial charge in [-0.1, -0.05) is 0 Å². The van der Waals surface area contributed by atoms with Crippen LogP contribution in [0.5, 0.6) is 0 Å². The van der Waals surface area contributed by atoms with Crippen molar-refractivity contribution in [3.05, 3.63) is 0 Å². The molecule has 2 unspecified atom stereocenters. The average molecular weight is 162 g/mol. The molecule has 0 radical (unpaired) electrons. The van der Waals surface area contributed by atoms with Crippen molar-refractivity contribution in [3.8, 4) is 0 Å². The summed E-state index contributed by atoms with van der Waals surface area (Å²) < 4.78 is 0. The molecular weight excluding hydrogens is 148 g/mol. The Morgan fingerprint density at radius 2 is 1.91 bits per heavy atom. The fourth-order valence-electron chi connectivity index (χ4n) is 0.645. The van der Waals surface area contributed by atoms with Crippen LogP contribution in [0.3, 0.4) is 0 Å². The summed E-state index contributed by atoms with van der Waals surface area (Å²) in [6.45, 7) is 0.959. The number of aliphatic hydroxyl groups is 3. The van der Waals surface area contributed by atoms with E-state index in [2.05, 4.69) is 0 Å². The van der Waals surface area contributed by atoms with Crippen molar-refractivity contribution in [2.45, 2.75) is 32.0 Å². The first kappa shape index (κ1) is 10.6. The summed E-state index contributed by atoms with van der Waals surface area (Å²) in [7, 11) is 0. The Morgan fingerprint density at radius 3 is 2.27 bits per heavy atom. The Labute approximate surface area is 65.5 Å². The highest BCUT2D eigenvalue weighted by Gasteiger charge is 2.11. The first-order valence-electron chi connectivity index (χ1n) is 3.55. The highest BCUT2D eigenvalue weighted by molar-refractivity contribution is 5.79. The molecule has 11 heavy (non-hydrogen) atoms. The van der Waals surface area contributed by atoms with Gasteiger partial charge in [-0.25, -0.2) is 0 Å². The molecule has 0 saturated carbocycles. The van der Waals surface area contributed by atoms with Crippen LogP contribution in [-0.4, -0.2) is 39.9 Å². The van der Waals surface area contributed by atoms with Gasteiger partial charge in [0.1, 0.15) is 6.10 Å². The normalized spacial score (nSPS) is 16.0. The first-order chi connectivity index (χ1) is 5.07. The molecule has 0 saturated heterocycles. The molecule has 0 aliphatic rings. The van der Waals surface area contributed by atoms with E-state index in [1.54, 1.807) is 0 Å². The van der Waals surface area contributed by atoms with Crippen molar-refractivity contribution in [1.29, 1.82) is 0 Å². The topological polar surface area (TPSA) is 77.8 Å². The lowest BCUT2D eigenvalue weighted by Gasteiger charge is -2.09. The summed E-state index contributed by atoms with van der Waals surface area (Å²) in [5, 5.41) is 26.1. The molecule has 2 atom stereocenters. The lowest BCUT2D eigenvalue weighted by Crippen LogP contribution is -2.21. The van der Waals surface area contributed by atoms with E-state index >= 15 is 0 Å². The van der Waals surface area contributed by atoms with Crippen LogP contribution in [-0.2, 0) is 4.79 Å². The molecule has 0 bridgehead atoms. The number of rotatable bonds is 5. The van der Waals surface area contributed by atoms with Crippen LogP contribution < -0.4 is 0 Å². The fraction of sp³-hybridized carbons (Fsp3) is 0.857. The van der Waals surface area contributed by atoms with Crippen LogP contribution in [0, 0.1) is 0 Å². The van der Waals surface area contributed by atoms with Crippen molar-refractivity contribution in [2.24, 2.45) is 0 Å².